The van der Waals surface area contributed by atoms with Crippen molar-refractivity contribution in [3.8, 4) is 11.3 Å². The molecule has 2 heterocycles. The Bertz CT molecular complexity index is 1270. The van der Waals surface area contributed by atoms with E-state index in [4.69, 9.17) is 11.5 Å². The Morgan fingerprint density at radius 3 is 2.57 bits per heavy atom. The van der Waals surface area contributed by atoms with Gasteiger partial charge in [0, 0.05) is 5.56 Å². The third-order valence-corrected chi connectivity index (χ3v) is 4.60. The number of rotatable bonds is 3. The number of nitrogens with zero attached hydrogens (tertiary/aromatic N) is 4. The van der Waals surface area contributed by atoms with Crippen molar-refractivity contribution in [3.63, 3.8) is 0 Å². The molecule has 140 valence electrons. The number of hydrogen-bond acceptors (Lipinski definition) is 7. The van der Waals surface area contributed by atoms with E-state index in [0.29, 0.717) is 16.8 Å². The van der Waals surface area contributed by atoms with Crippen LogP contribution in [0.2, 0.25) is 0 Å². The van der Waals surface area contributed by atoms with Gasteiger partial charge in [-0.3, -0.25) is 9.89 Å². The van der Waals surface area contributed by atoms with Gasteiger partial charge in [-0.15, -0.1) is 10.2 Å². The summed E-state index contributed by atoms with van der Waals surface area (Å²) in [5, 5.41) is 14.6. The van der Waals surface area contributed by atoms with E-state index in [1.165, 1.54) is 0 Å². The highest BCUT2D eigenvalue weighted by atomic mass is 16.1. The van der Waals surface area contributed by atoms with Gasteiger partial charge in [0.05, 0.1) is 16.7 Å². The Balaban J connectivity index is 1.88. The summed E-state index contributed by atoms with van der Waals surface area (Å²) in [5.41, 5.74) is 16.2. The molecule has 2 aromatic heterocycles. The van der Waals surface area contributed by atoms with E-state index in [1.54, 1.807) is 18.2 Å². The summed E-state index contributed by atoms with van der Waals surface area (Å²) in [6.07, 6.45) is 0. The molecule has 28 heavy (non-hydrogen) atoms. The monoisotopic (exact) mass is 374 g/mol. The van der Waals surface area contributed by atoms with E-state index >= 15 is 0 Å². The summed E-state index contributed by atoms with van der Waals surface area (Å²) in [6.45, 7) is 3.98. The van der Waals surface area contributed by atoms with Gasteiger partial charge in [0.2, 0.25) is 0 Å². The zero-order valence-corrected chi connectivity index (χ0v) is 15.3. The van der Waals surface area contributed by atoms with Crippen molar-refractivity contribution in [1.82, 2.24) is 20.2 Å². The van der Waals surface area contributed by atoms with Crippen molar-refractivity contribution in [2.45, 2.75) is 13.8 Å². The summed E-state index contributed by atoms with van der Waals surface area (Å²) >= 11 is 0. The Labute approximate surface area is 159 Å². The summed E-state index contributed by atoms with van der Waals surface area (Å²) < 4.78 is 0. The molecule has 0 aliphatic carbocycles. The van der Waals surface area contributed by atoms with Gasteiger partial charge >= 0.3 is 0 Å². The fourth-order valence-electron chi connectivity index (χ4n) is 2.91. The van der Waals surface area contributed by atoms with E-state index in [1.807, 2.05) is 32.0 Å². The summed E-state index contributed by atoms with van der Waals surface area (Å²) in [6, 6.07) is 10.9. The highest BCUT2D eigenvalue weighted by Crippen LogP contribution is 2.32. The fraction of sp³-hybridized carbons (Fsp3) is 0.105. The van der Waals surface area contributed by atoms with E-state index in [2.05, 4.69) is 30.4 Å². The van der Waals surface area contributed by atoms with Gasteiger partial charge in [-0.1, -0.05) is 24.3 Å². The first-order valence-electron chi connectivity index (χ1n) is 8.56. The largest absolute Gasteiger partial charge is 0.382 e. The van der Waals surface area contributed by atoms with Crippen molar-refractivity contribution >= 4 is 34.0 Å². The van der Waals surface area contributed by atoms with Crippen LogP contribution in [0.25, 0.3) is 22.3 Å². The lowest BCUT2D eigenvalue weighted by molar-refractivity contribution is 1.11. The van der Waals surface area contributed by atoms with E-state index in [9.17, 15) is 4.79 Å². The van der Waals surface area contributed by atoms with Crippen LogP contribution in [-0.4, -0.2) is 20.2 Å². The second-order valence-corrected chi connectivity index (χ2v) is 6.41. The first-order valence-corrected chi connectivity index (χ1v) is 8.56. The van der Waals surface area contributed by atoms with Crippen molar-refractivity contribution in [3.05, 3.63) is 57.9 Å². The summed E-state index contributed by atoms with van der Waals surface area (Å²) in [5.74, 6) is 0.359. The molecule has 4 aromatic rings. The number of fused-ring (bicyclic) bond motifs is 1. The van der Waals surface area contributed by atoms with Crippen molar-refractivity contribution in [2.75, 3.05) is 11.5 Å². The predicted molar refractivity (Wildman–Crippen MR) is 109 cm³/mol. The number of aryl methyl sites for hydroxylation is 2. The number of benzene rings is 2. The van der Waals surface area contributed by atoms with Crippen LogP contribution in [0.5, 0.6) is 0 Å². The van der Waals surface area contributed by atoms with E-state index in [-0.39, 0.29) is 28.6 Å². The SMILES string of the molecule is Cc1ccc2[nH]c(=O)c(-c3ccccc3/N=N/c3c(N)n[nH]c3N)nc2c1C. The third kappa shape index (κ3) is 2.88. The summed E-state index contributed by atoms with van der Waals surface area (Å²) in [4.78, 5) is 20.2. The first kappa shape index (κ1) is 17.4. The maximum absolute atomic E-state index is 12.7. The Kier molecular flexibility index (Phi) is 4.11. The number of azo groups is 1. The van der Waals surface area contributed by atoms with Crippen LogP contribution in [0.4, 0.5) is 23.0 Å². The maximum atomic E-state index is 12.7. The van der Waals surface area contributed by atoms with Gasteiger partial charge in [0.25, 0.3) is 5.56 Å². The number of aromatic amines is 2. The zero-order valence-electron chi connectivity index (χ0n) is 15.3. The first-order chi connectivity index (χ1) is 13.5. The van der Waals surface area contributed by atoms with Crippen LogP contribution < -0.4 is 17.0 Å². The van der Waals surface area contributed by atoms with Crippen LogP contribution in [0, 0.1) is 13.8 Å². The number of nitrogens with two attached hydrogens (primary N) is 2. The predicted octanol–water partition coefficient (Wildman–Crippen LogP) is 3.51. The highest BCUT2D eigenvalue weighted by Gasteiger charge is 2.14. The number of nitrogens with one attached hydrogen (secondary N) is 2. The molecule has 0 aliphatic rings. The van der Waals surface area contributed by atoms with Crippen molar-refractivity contribution in [1.29, 1.82) is 0 Å². The molecule has 2 aromatic carbocycles. The number of H-pyrrole nitrogens is 2. The van der Waals surface area contributed by atoms with Crippen molar-refractivity contribution in [2.24, 2.45) is 10.2 Å². The molecule has 0 saturated carbocycles. The molecule has 9 nitrogen and oxygen atoms in total. The Hall–Kier alpha value is -4.01. The molecule has 0 fully saturated rings. The second kappa shape index (κ2) is 6.62. The second-order valence-electron chi connectivity index (χ2n) is 6.41. The maximum Gasteiger partial charge on any atom is 0.275 e. The average Bonchev–Trinajstić information content (AvgIpc) is 3.01. The molecule has 0 aliphatic heterocycles. The minimum Gasteiger partial charge on any atom is -0.382 e. The lowest BCUT2D eigenvalue weighted by Crippen LogP contribution is -2.12. The molecule has 0 atom stereocenters. The minimum absolute atomic E-state index is 0.145. The van der Waals surface area contributed by atoms with Crippen LogP contribution in [-0.2, 0) is 0 Å². The highest BCUT2D eigenvalue weighted by molar-refractivity contribution is 5.83. The van der Waals surface area contributed by atoms with Gasteiger partial charge in [-0.25, -0.2) is 4.98 Å². The molecule has 0 bridgehead atoms. The Morgan fingerprint density at radius 1 is 1.04 bits per heavy atom. The van der Waals surface area contributed by atoms with Gasteiger partial charge in [-0.2, -0.15) is 5.10 Å². The minimum atomic E-state index is -0.305. The number of hydrogen-bond donors (Lipinski definition) is 4. The van der Waals surface area contributed by atoms with Crippen LogP contribution in [0.1, 0.15) is 11.1 Å². The van der Waals surface area contributed by atoms with Gasteiger partial charge < -0.3 is 16.5 Å². The molecular formula is C19H18N8O. The molecule has 6 N–H and O–H groups in total. The molecule has 9 heteroatoms. The standard InChI is InChI=1S/C19H18N8O/c1-9-7-8-13-14(10(9)2)23-15(19(28)22-13)11-5-3-4-6-12(11)24-25-16-17(20)26-27-18(16)21/h3-8H,1-2H3,(H,22,28)(H5,20,21,26,27)/b25-24+. The molecule has 0 amide bonds. The topological polar surface area (TPSA) is 151 Å². The smallest absolute Gasteiger partial charge is 0.275 e. The normalized spacial score (nSPS) is 11.5. The van der Waals surface area contributed by atoms with Crippen LogP contribution in [0.15, 0.2) is 51.4 Å². The van der Waals surface area contributed by atoms with E-state index < -0.39 is 0 Å². The number of aromatic nitrogens is 4. The molecular weight excluding hydrogens is 356 g/mol. The zero-order chi connectivity index (χ0) is 19.8. The van der Waals surface area contributed by atoms with Gasteiger partial charge in [-0.05, 0) is 37.1 Å². The fourth-order valence-corrected chi connectivity index (χ4v) is 2.91. The van der Waals surface area contributed by atoms with Gasteiger partial charge in [0.15, 0.2) is 11.5 Å². The molecule has 0 radical (unpaired) electrons. The lowest BCUT2D eigenvalue weighted by Gasteiger charge is -2.08. The molecule has 0 unspecified atom stereocenters. The van der Waals surface area contributed by atoms with Crippen LogP contribution in [0.3, 0.4) is 0 Å². The Morgan fingerprint density at radius 2 is 1.82 bits per heavy atom. The third-order valence-electron chi connectivity index (χ3n) is 4.60. The van der Waals surface area contributed by atoms with E-state index in [0.717, 1.165) is 16.6 Å². The quantitative estimate of drug-likeness (QED) is 0.404. The average molecular weight is 374 g/mol. The van der Waals surface area contributed by atoms with Gasteiger partial charge in [0.1, 0.15) is 11.5 Å². The molecule has 4 rings (SSSR count). The number of nitrogen functional groups attached to an aromatic ring is 2. The lowest BCUT2D eigenvalue weighted by atomic mass is 10.1. The molecule has 0 spiro atoms. The van der Waals surface area contributed by atoms with Crippen LogP contribution >= 0.6 is 0 Å². The van der Waals surface area contributed by atoms with Crippen molar-refractivity contribution < 1.29 is 0 Å². The summed E-state index contributed by atoms with van der Waals surface area (Å²) in [7, 11) is 0. The number of anilines is 2. The molecule has 0 saturated heterocycles.